The molecule has 32 heavy (non-hydrogen) atoms. The van der Waals surface area contributed by atoms with Gasteiger partial charge in [-0.15, -0.1) is 0 Å². The van der Waals surface area contributed by atoms with E-state index in [-0.39, 0.29) is 5.97 Å². The molecule has 1 unspecified atom stereocenters. The zero-order chi connectivity index (χ0) is 23.0. The summed E-state index contributed by atoms with van der Waals surface area (Å²) in [7, 11) is 12.0. The highest BCUT2D eigenvalue weighted by Crippen LogP contribution is 2.42. The number of esters is 1. The van der Waals surface area contributed by atoms with E-state index in [0.29, 0.717) is 5.56 Å². The Labute approximate surface area is 190 Å². The van der Waals surface area contributed by atoms with Crippen molar-refractivity contribution in [2.45, 2.75) is 6.23 Å². The minimum Gasteiger partial charge on any atom is -0.433 e. The van der Waals surface area contributed by atoms with Gasteiger partial charge in [-0.1, -0.05) is 6.07 Å². The van der Waals surface area contributed by atoms with Crippen molar-refractivity contribution in [3.63, 3.8) is 0 Å². The Hall–Kier alpha value is -3.67. The molecular formula is C26H30N4O2. The molecule has 6 heteroatoms. The fraction of sp³-hybridized carbons (Fsp3) is 0.269. The lowest BCUT2D eigenvalue weighted by molar-refractivity contribution is 0.0399. The number of fused-ring (bicyclic) bond motifs is 1. The van der Waals surface area contributed by atoms with Crippen LogP contribution in [0.3, 0.4) is 0 Å². The molecule has 3 aromatic carbocycles. The molecule has 4 rings (SSSR count). The van der Waals surface area contributed by atoms with E-state index < -0.39 is 6.23 Å². The summed E-state index contributed by atoms with van der Waals surface area (Å²) in [6, 6.07) is 22.5. The van der Waals surface area contributed by atoms with Gasteiger partial charge in [0.2, 0.25) is 6.23 Å². The summed E-state index contributed by atoms with van der Waals surface area (Å²) in [5, 5.41) is 0. The second-order valence-corrected chi connectivity index (χ2v) is 8.62. The number of carbonyl (C=O) groups is 1. The van der Waals surface area contributed by atoms with Gasteiger partial charge in [-0.05, 0) is 60.7 Å². The zero-order valence-electron chi connectivity index (χ0n) is 19.5. The summed E-state index contributed by atoms with van der Waals surface area (Å²) in [6.45, 7) is 0. The van der Waals surface area contributed by atoms with Crippen molar-refractivity contribution in [3.8, 4) is 0 Å². The molecule has 6 nitrogen and oxygen atoms in total. The molecule has 0 saturated carbocycles. The van der Waals surface area contributed by atoms with Crippen LogP contribution in [-0.2, 0) is 4.74 Å². The molecule has 0 aromatic heterocycles. The van der Waals surface area contributed by atoms with Crippen LogP contribution < -0.4 is 19.6 Å². The minimum atomic E-state index is -0.538. The highest BCUT2D eigenvalue weighted by atomic mass is 16.6. The van der Waals surface area contributed by atoms with E-state index in [0.717, 1.165) is 34.0 Å². The first-order valence-electron chi connectivity index (χ1n) is 10.6. The predicted octanol–water partition coefficient (Wildman–Crippen LogP) is 4.89. The van der Waals surface area contributed by atoms with Gasteiger partial charge in [0.05, 0.1) is 5.56 Å². The summed E-state index contributed by atoms with van der Waals surface area (Å²) in [5.41, 5.74) is 6.58. The largest absolute Gasteiger partial charge is 0.433 e. The maximum absolute atomic E-state index is 12.8. The fourth-order valence-corrected chi connectivity index (χ4v) is 3.88. The van der Waals surface area contributed by atoms with E-state index in [1.807, 2.05) is 65.4 Å². The maximum Gasteiger partial charge on any atom is 0.340 e. The summed E-state index contributed by atoms with van der Waals surface area (Å²) < 4.78 is 5.94. The van der Waals surface area contributed by atoms with Gasteiger partial charge in [0.25, 0.3) is 0 Å². The van der Waals surface area contributed by atoms with Gasteiger partial charge in [0.15, 0.2) is 0 Å². The monoisotopic (exact) mass is 430 g/mol. The van der Waals surface area contributed by atoms with E-state index in [9.17, 15) is 4.79 Å². The molecule has 0 N–H and O–H groups in total. The zero-order valence-corrected chi connectivity index (χ0v) is 19.5. The molecular weight excluding hydrogens is 400 g/mol. The second kappa shape index (κ2) is 8.46. The first-order chi connectivity index (χ1) is 15.3. The summed E-state index contributed by atoms with van der Waals surface area (Å²) in [4.78, 5) is 21.0. The van der Waals surface area contributed by atoms with Crippen LogP contribution in [0.25, 0.3) is 0 Å². The van der Waals surface area contributed by atoms with Crippen LogP contribution >= 0.6 is 0 Å². The van der Waals surface area contributed by atoms with Gasteiger partial charge >= 0.3 is 5.97 Å². The van der Waals surface area contributed by atoms with Gasteiger partial charge in [-0.3, -0.25) is 0 Å². The van der Waals surface area contributed by atoms with Crippen molar-refractivity contribution in [2.75, 3.05) is 61.9 Å². The van der Waals surface area contributed by atoms with Crippen LogP contribution in [0.2, 0.25) is 0 Å². The Kier molecular flexibility index (Phi) is 5.70. The molecule has 1 aliphatic rings. The number of hydrogen-bond acceptors (Lipinski definition) is 6. The van der Waals surface area contributed by atoms with Crippen molar-refractivity contribution >= 4 is 34.4 Å². The molecule has 1 heterocycles. The number of cyclic esters (lactones) is 1. The fourth-order valence-electron chi connectivity index (χ4n) is 3.88. The Morgan fingerprint density at radius 2 is 1.00 bits per heavy atom. The van der Waals surface area contributed by atoms with Gasteiger partial charge in [0.1, 0.15) is 0 Å². The lowest BCUT2D eigenvalue weighted by Gasteiger charge is -2.31. The number of nitrogens with zero attached hydrogens (tertiary/aromatic N) is 4. The van der Waals surface area contributed by atoms with Crippen molar-refractivity contribution in [1.29, 1.82) is 0 Å². The minimum absolute atomic E-state index is 0.298. The quantitative estimate of drug-likeness (QED) is 0.519. The Bertz CT molecular complexity index is 1050. The summed E-state index contributed by atoms with van der Waals surface area (Å²) >= 11 is 0. The number of ether oxygens (including phenoxy) is 1. The Balaban J connectivity index is 1.81. The highest BCUT2D eigenvalue weighted by molar-refractivity contribution is 5.96. The van der Waals surface area contributed by atoms with E-state index in [1.165, 1.54) is 0 Å². The number of benzene rings is 3. The molecule has 1 aliphatic heterocycles. The SMILES string of the molecule is CN(C)c1ccc(N(c2ccc(N(C)C)cc2)C2OC(=O)c3cc(N(C)C)ccc32)cc1. The Morgan fingerprint density at radius 1 is 0.594 bits per heavy atom. The van der Waals surface area contributed by atoms with Crippen molar-refractivity contribution < 1.29 is 9.53 Å². The average Bonchev–Trinajstić information content (AvgIpc) is 3.10. The van der Waals surface area contributed by atoms with Crippen LogP contribution in [0.15, 0.2) is 66.7 Å². The molecule has 3 aromatic rings. The highest BCUT2D eigenvalue weighted by Gasteiger charge is 2.36. The number of rotatable bonds is 6. The first kappa shape index (κ1) is 21.6. The van der Waals surface area contributed by atoms with Crippen LogP contribution in [0.4, 0.5) is 28.4 Å². The predicted molar refractivity (Wildman–Crippen MR) is 133 cm³/mol. The van der Waals surface area contributed by atoms with Crippen molar-refractivity contribution in [1.82, 2.24) is 0 Å². The molecule has 0 fully saturated rings. The third-order valence-electron chi connectivity index (χ3n) is 5.78. The third kappa shape index (κ3) is 3.96. The smallest absolute Gasteiger partial charge is 0.340 e. The van der Waals surface area contributed by atoms with Gasteiger partial charge < -0.3 is 24.3 Å². The second-order valence-electron chi connectivity index (χ2n) is 8.62. The molecule has 1 atom stereocenters. The van der Waals surface area contributed by atoms with Crippen LogP contribution in [0, 0.1) is 0 Å². The normalized spacial score (nSPS) is 14.6. The van der Waals surface area contributed by atoms with Gasteiger partial charge in [0, 0.05) is 76.3 Å². The molecule has 0 saturated heterocycles. The van der Waals surface area contributed by atoms with Gasteiger partial charge in [-0.2, -0.15) is 0 Å². The molecule has 166 valence electrons. The number of hydrogen-bond donors (Lipinski definition) is 0. The van der Waals surface area contributed by atoms with E-state index in [1.54, 1.807) is 0 Å². The standard InChI is InChI=1S/C26H30N4O2/c1-27(2)18-7-11-20(12-8-18)30(21-13-9-19(10-14-21)28(3)4)25-23-16-15-22(29(5)6)17-24(23)26(31)32-25/h7-17,25H,1-6H3. The van der Waals surface area contributed by atoms with E-state index in [4.69, 9.17) is 4.74 Å². The molecule has 0 bridgehead atoms. The average molecular weight is 431 g/mol. The molecule has 0 radical (unpaired) electrons. The molecule has 0 amide bonds. The molecule has 0 spiro atoms. The van der Waals surface area contributed by atoms with Crippen molar-refractivity contribution in [3.05, 3.63) is 77.9 Å². The van der Waals surface area contributed by atoms with Gasteiger partial charge in [-0.25, -0.2) is 4.79 Å². The number of carbonyl (C=O) groups excluding carboxylic acids is 1. The lowest BCUT2D eigenvalue weighted by Crippen LogP contribution is -2.24. The van der Waals surface area contributed by atoms with E-state index >= 15 is 0 Å². The molecule has 0 aliphatic carbocycles. The third-order valence-corrected chi connectivity index (χ3v) is 5.78. The van der Waals surface area contributed by atoms with Crippen LogP contribution in [0.1, 0.15) is 22.1 Å². The first-order valence-corrected chi connectivity index (χ1v) is 10.6. The number of anilines is 5. The van der Waals surface area contributed by atoms with E-state index in [2.05, 4.69) is 63.2 Å². The van der Waals surface area contributed by atoms with Crippen molar-refractivity contribution in [2.24, 2.45) is 0 Å². The lowest BCUT2D eigenvalue weighted by atomic mass is 10.1. The summed E-state index contributed by atoms with van der Waals surface area (Å²) in [5.74, 6) is -0.298. The maximum atomic E-state index is 12.8. The Morgan fingerprint density at radius 3 is 1.44 bits per heavy atom. The summed E-state index contributed by atoms with van der Waals surface area (Å²) in [6.07, 6.45) is -0.538. The topological polar surface area (TPSA) is 39.3 Å². The van der Waals surface area contributed by atoms with Crippen LogP contribution in [-0.4, -0.2) is 48.3 Å². The van der Waals surface area contributed by atoms with Crippen LogP contribution in [0.5, 0.6) is 0 Å².